The highest BCUT2D eigenvalue weighted by Crippen LogP contribution is 2.31. The summed E-state index contributed by atoms with van der Waals surface area (Å²) in [6.07, 6.45) is 4.42. The van der Waals surface area contributed by atoms with Crippen molar-refractivity contribution in [1.82, 2.24) is 9.55 Å². The quantitative estimate of drug-likeness (QED) is 0.661. The number of Topliss-reactive ketones (excluding diaryl/α,β-unsaturated/α-hetero) is 1. The number of ether oxygens (including phenoxy) is 1. The summed E-state index contributed by atoms with van der Waals surface area (Å²) in [6.45, 7) is 1.93. The average Bonchev–Trinajstić information content (AvgIpc) is 3.15. The SMILES string of the molecule is CCOC(=O)C=Cc1cn(C2Cc3ccccc3C2=O)c(C(=O)O)n1. The van der Waals surface area contributed by atoms with Gasteiger partial charge in [-0.3, -0.25) is 4.79 Å². The molecular formula is C18H16N2O5. The lowest BCUT2D eigenvalue weighted by Gasteiger charge is -2.11. The number of hydrogen-bond acceptors (Lipinski definition) is 5. The highest BCUT2D eigenvalue weighted by atomic mass is 16.5. The number of ketones is 1. The summed E-state index contributed by atoms with van der Waals surface area (Å²) < 4.78 is 6.13. The molecule has 25 heavy (non-hydrogen) atoms. The number of aromatic nitrogens is 2. The van der Waals surface area contributed by atoms with Crippen molar-refractivity contribution in [2.24, 2.45) is 0 Å². The summed E-state index contributed by atoms with van der Waals surface area (Å²) in [6, 6.07) is 6.55. The second kappa shape index (κ2) is 6.72. The van der Waals surface area contributed by atoms with E-state index in [-0.39, 0.29) is 23.9 Å². The van der Waals surface area contributed by atoms with Crippen LogP contribution in [-0.2, 0) is 16.0 Å². The fourth-order valence-electron chi connectivity index (χ4n) is 2.88. The van der Waals surface area contributed by atoms with Gasteiger partial charge in [-0.05, 0) is 18.6 Å². The molecule has 1 aliphatic carbocycles. The van der Waals surface area contributed by atoms with Crippen molar-refractivity contribution in [3.05, 3.63) is 59.2 Å². The van der Waals surface area contributed by atoms with Gasteiger partial charge in [0, 0.05) is 24.3 Å². The van der Waals surface area contributed by atoms with Crippen LogP contribution < -0.4 is 0 Å². The topological polar surface area (TPSA) is 98.5 Å². The zero-order valence-corrected chi connectivity index (χ0v) is 13.5. The number of carboxylic acids is 1. The van der Waals surface area contributed by atoms with Gasteiger partial charge in [0.1, 0.15) is 6.04 Å². The molecule has 3 rings (SSSR count). The van der Waals surface area contributed by atoms with Gasteiger partial charge < -0.3 is 14.4 Å². The maximum absolute atomic E-state index is 12.6. The fourth-order valence-corrected chi connectivity index (χ4v) is 2.88. The van der Waals surface area contributed by atoms with E-state index in [4.69, 9.17) is 4.74 Å². The summed E-state index contributed by atoms with van der Waals surface area (Å²) in [5.74, 6) is -2.16. The van der Waals surface area contributed by atoms with Crippen LogP contribution >= 0.6 is 0 Å². The maximum Gasteiger partial charge on any atom is 0.372 e. The number of nitrogens with zero attached hydrogens (tertiary/aromatic N) is 2. The Morgan fingerprint density at radius 1 is 1.40 bits per heavy atom. The predicted molar refractivity (Wildman–Crippen MR) is 88.4 cm³/mol. The minimum atomic E-state index is -1.24. The summed E-state index contributed by atoms with van der Waals surface area (Å²) in [4.78, 5) is 39.5. The number of carbonyl (C=O) groups is 3. The molecule has 0 saturated carbocycles. The first-order valence-electron chi connectivity index (χ1n) is 7.80. The summed E-state index contributed by atoms with van der Waals surface area (Å²) in [5.41, 5.74) is 1.75. The van der Waals surface area contributed by atoms with Crippen LogP contribution in [0.5, 0.6) is 0 Å². The van der Waals surface area contributed by atoms with E-state index in [1.54, 1.807) is 19.1 Å². The average molecular weight is 340 g/mol. The third-order valence-corrected chi connectivity index (χ3v) is 3.95. The van der Waals surface area contributed by atoms with Gasteiger partial charge in [-0.25, -0.2) is 14.6 Å². The predicted octanol–water partition coefficient (Wildman–Crippen LogP) is 2.14. The monoisotopic (exact) mass is 340 g/mol. The Hall–Kier alpha value is -3.22. The van der Waals surface area contributed by atoms with E-state index in [2.05, 4.69) is 4.98 Å². The minimum absolute atomic E-state index is 0.142. The van der Waals surface area contributed by atoms with Crippen molar-refractivity contribution >= 4 is 23.8 Å². The Bertz CT molecular complexity index is 881. The molecule has 1 heterocycles. The molecule has 0 saturated heterocycles. The number of fused-ring (bicyclic) bond motifs is 1. The van der Waals surface area contributed by atoms with Gasteiger partial charge in [-0.2, -0.15) is 0 Å². The second-order valence-corrected chi connectivity index (χ2v) is 5.53. The van der Waals surface area contributed by atoms with Crippen molar-refractivity contribution in [3.63, 3.8) is 0 Å². The number of benzene rings is 1. The molecule has 1 unspecified atom stereocenters. The van der Waals surface area contributed by atoms with Crippen molar-refractivity contribution in [1.29, 1.82) is 0 Å². The molecule has 0 amide bonds. The number of esters is 1. The van der Waals surface area contributed by atoms with E-state index in [9.17, 15) is 19.5 Å². The normalized spacial score (nSPS) is 16.2. The molecule has 128 valence electrons. The molecule has 0 radical (unpaired) electrons. The van der Waals surface area contributed by atoms with Gasteiger partial charge in [0.25, 0.3) is 0 Å². The van der Waals surface area contributed by atoms with Gasteiger partial charge in [-0.1, -0.05) is 24.3 Å². The molecule has 1 atom stereocenters. The van der Waals surface area contributed by atoms with Crippen LogP contribution in [0, 0.1) is 0 Å². The van der Waals surface area contributed by atoms with Gasteiger partial charge >= 0.3 is 11.9 Å². The van der Waals surface area contributed by atoms with E-state index in [1.807, 2.05) is 12.1 Å². The molecule has 1 aromatic heterocycles. The van der Waals surface area contributed by atoms with E-state index < -0.39 is 18.0 Å². The fraction of sp³-hybridized carbons (Fsp3) is 0.222. The van der Waals surface area contributed by atoms with Gasteiger partial charge in [0.05, 0.1) is 12.3 Å². The van der Waals surface area contributed by atoms with Crippen LogP contribution in [0.2, 0.25) is 0 Å². The van der Waals surface area contributed by atoms with Gasteiger partial charge in [0.2, 0.25) is 5.82 Å². The Labute approximate surface area is 143 Å². The van der Waals surface area contributed by atoms with Crippen molar-refractivity contribution in [2.75, 3.05) is 6.61 Å². The van der Waals surface area contributed by atoms with E-state index >= 15 is 0 Å². The van der Waals surface area contributed by atoms with Crippen molar-refractivity contribution in [3.8, 4) is 0 Å². The van der Waals surface area contributed by atoms with Crippen LogP contribution in [0.15, 0.2) is 36.5 Å². The second-order valence-electron chi connectivity index (χ2n) is 5.53. The number of rotatable bonds is 5. The number of carboxylic acid groups (broad SMARTS) is 1. The van der Waals surface area contributed by atoms with E-state index in [1.165, 1.54) is 22.9 Å². The summed E-state index contributed by atoms with van der Waals surface area (Å²) in [5, 5.41) is 9.39. The molecular weight excluding hydrogens is 324 g/mol. The van der Waals surface area contributed by atoms with E-state index in [0.29, 0.717) is 12.0 Å². The van der Waals surface area contributed by atoms with Crippen LogP contribution in [0.4, 0.5) is 0 Å². The maximum atomic E-state index is 12.6. The summed E-state index contributed by atoms with van der Waals surface area (Å²) >= 11 is 0. The number of hydrogen-bond donors (Lipinski definition) is 1. The van der Waals surface area contributed by atoms with Gasteiger partial charge in [-0.15, -0.1) is 0 Å². The van der Waals surface area contributed by atoms with Crippen molar-refractivity contribution < 1.29 is 24.2 Å². The zero-order chi connectivity index (χ0) is 18.0. The molecule has 0 bridgehead atoms. The number of carbonyl (C=O) groups excluding carboxylic acids is 2. The van der Waals surface area contributed by atoms with Crippen LogP contribution in [0.25, 0.3) is 6.08 Å². The minimum Gasteiger partial charge on any atom is -0.475 e. The molecule has 2 aromatic rings. The highest BCUT2D eigenvalue weighted by Gasteiger charge is 2.34. The molecule has 1 aromatic carbocycles. The zero-order valence-electron chi connectivity index (χ0n) is 13.5. The molecule has 1 aliphatic rings. The van der Waals surface area contributed by atoms with Crippen LogP contribution in [0.3, 0.4) is 0 Å². The molecule has 7 nitrogen and oxygen atoms in total. The first-order chi connectivity index (χ1) is 12.0. The summed E-state index contributed by atoms with van der Waals surface area (Å²) in [7, 11) is 0. The smallest absolute Gasteiger partial charge is 0.372 e. The van der Waals surface area contributed by atoms with Crippen LogP contribution in [-0.4, -0.2) is 39.0 Å². The molecule has 7 heteroatoms. The molecule has 0 aliphatic heterocycles. The largest absolute Gasteiger partial charge is 0.475 e. The Balaban J connectivity index is 1.93. The Kier molecular flexibility index (Phi) is 4.47. The number of imidazole rings is 1. The first-order valence-corrected chi connectivity index (χ1v) is 7.80. The van der Waals surface area contributed by atoms with Crippen LogP contribution in [0.1, 0.15) is 45.2 Å². The van der Waals surface area contributed by atoms with E-state index in [0.717, 1.165) is 5.56 Å². The first kappa shape index (κ1) is 16.6. The highest BCUT2D eigenvalue weighted by molar-refractivity contribution is 6.04. The van der Waals surface area contributed by atoms with Crippen molar-refractivity contribution in [2.45, 2.75) is 19.4 Å². The Morgan fingerprint density at radius 3 is 2.84 bits per heavy atom. The van der Waals surface area contributed by atoms with Gasteiger partial charge in [0.15, 0.2) is 5.78 Å². The molecule has 0 spiro atoms. The lowest BCUT2D eigenvalue weighted by Crippen LogP contribution is -2.19. The third-order valence-electron chi connectivity index (χ3n) is 3.95. The Morgan fingerprint density at radius 2 is 2.16 bits per heavy atom. The number of aromatic carboxylic acids is 1. The lowest BCUT2D eigenvalue weighted by atomic mass is 10.1. The lowest BCUT2D eigenvalue weighted by molar-refractivity contribution is -0.137. The standard InChI is InChI=1S/C18H16N2O5/c1-2-25-15(21)8-7-12-10-20(17(19-12)18(23)24)14-9-11-5-3-4-6-13(11)16(14)22/h3-8,10,14H,2,9H2,1H3,(H,23,24). The molecule has 1 N–H and O–H groups in total. The third kappa shape index (κ3) is 3.21. The molecule has 0 fully saturated rings.